The van der Waals surface area contributed by atoms with Crippen LogP contribution in [-0.2, 0) is 4.74 Å². The standard InChI is InChI=1S/C18H30BrNO/c1-17(2,3)20-13-15(11-12-18(4,5)21-6)14-7-9-16(19)10-8-14/h7-10,15,20H,11-13H2,1-6H3. The Labute approximate surface area is 138 Å². The van der Waals surface area contributed by atoms with Gasteiger partial charge < -0.3 is 10.1 Å². The second-order valence-corrected chi connectivity index (χ2v) is 8.30. The van der Waals surface area contributed by atoms with E-state index in [1.165, 1.54) is 5.56 Å². The number of rotatable bonds is 7. The number of methoxy groups -OCH3 is 1. The topological polar surface area (TPSA) is 21.3 Å². The van der Waals surface area contributed by atoms with E-state index in [0.717, 1.165) is 23.9 Å². The molecule has 0 bridgehead atoms. The van der Waals surface area contributed by atoms with E-state index in [-0.39, 0.29) is 11.1 Å². The van der Waals surface area contributed by atoms with Crippen LogP contribution in [0.2, 0.25) is 0 Å². The average molecular weight is 356 g/mol. The van der Waals surface area contributed by atoms with Gasteiger partial charge in [-0.15, -0.1) is 0 Å². The molecule has 21 heavy (non-hydrogen) atoms. The summed E-state index contributed by atoms with van der Waals surface area (Å²) in [4.78, 5) is 0. The Kier molecular flexibility index (Phi) is 6.89. The molecule has 1 unspecified atom stereocenters. The second-order valence-electron chi connectivity index (χ2n) is 7.38. The van der Waals surface area contributed by atoms with Crippen molar-refractivity contribution in [3.8, 4) is 0 Å². The molecule has 0 radical (unpaired) electrons. The molecule has 0 amide bonds. The Hall–Kier alpha value is -0.380. The first-order valence-electron chi connectivity index (χ1n) is 7.69. The summed E-state index contributed by atoms with van der Waals surface area (Å²) in [7, 11) is 1.79. The van der Waals surface area contributed by atoms with Gasteiger partial charge in [-0.1, -0.05) is 28.1 Å². The van der Waals surface area contributed by atoms with Gasteiger partial charge in [0, 0.05) is 23.7 Å². The number of hydrogen-bond donors (Lipinski definition) is 1. The largest absolute Gasteiger partial charge is 0.379 e. The highest BCUT2D eigenvalue weighted by Crippen LogP contribution is 2.27. The molecule has 1 atom stereocenters. The van der Waals surface area contributed by atoms with E-state index in [4.69, 9.17) is 4.74 Å². The van der Waals surface area contributed by atoms with Gasteiger partial charge in [0.15, 0.2) is 0 Å². The van der Waals surface area contributed by atoms with Gasteiger partial charge in [0.2, 0.25) is 0 Å². The maximum absolute atomic E-state index is 5.56. The van der Waals surface area contributed by atoms with Crippen molar-refractivity contribution in [2.45, 2.75) is 64.5 Å². The zero-order chi connectivity index (χ0) is 16.1. The highest BCUT2D eigenvalue weighted by molar-refractivity contribution is 9.10. The zero-order valence-electron chi connectivity index (χ0n) is 14.3. The van der Waals surface area contributed by atoms with Crippen molar-refractivity contribution >= 4 is 15.9 Å². The number of nitrogens with one attached hydrogen (secondary N) is 1. The van der Waals surface area contributed by atoms with Crippen LogP contribution in [0.15, 0.2) is 28.7 Å². The fourth-order valence-electron chi connectivity index (χ4n) is 2.17. The number of ether oxygens (including phenoxy) is 1. The minimum absolute atomic E-state index is 0.0602. The molecule has 1 N–H and O–H groups in total. The van der Waals surface area contributed by atoms with Gasteiger partial charge in [-0.05, 0) is 71.1 Å². The van der Waals surface area contributed by atoms with Crippen LogP contribution in [0.4, 0.5) is 0 Å². The fraction of sp³-hybridized carbons (Fsp3) is 0.667. The van der Waals surface area contributed by atoms with E-state index in [9.17, 15) is 0 Å². The minimum Gasteiger partial charge on any atom is -0.379 e. The third-order valence-electron chi connectivity index (χ3n) is 3.87. The molecule has 0 aromatic heterocycles. The predicted molar refractivity (Wildman–Crippen MR) is 95.0 cm³/mol. The van der Waals surface area contributed by atoms with Crippen LogP contribution in [0.25, 0.3) is 0 Å². The Morgan fingerprint density at radius 3 is 2.14 bits per heavy atom. The predicted octanol–water partition coefficient (Wildman–Crippen LogP) is 5.13. The van der Waals surface area contributed by atoms with E-state index in [0.29, 0.717) is 5.92 Å². The Morgan fingerprint density at radius 2 is 1.67 bits per heavy atom. The van der Waals surface area contributed by atoms with Crippen molar-refractivity contribution in [2.75, 3.05) is 13.7 Å². The van der Waals surface area contributed by atoms with Crippen LogP contribution in [0, 0.1) is 0 Å². The Bertz CT molecular complexity index is 420. The van der Waals surface area contributed by atoms with Crippen molar-refractivity contribution in [1.82, 2.24) is 5.32 Å². The molecule has 0 fully saturated rings. The fourth-order valence-corrected chi connectivity index (χ4v) is 2.44. The molecule has 0 aliphatic carbocycles. The van der Waals surface area contributed by atoms with Crippen LogP contribution < -0.4 is 5.32 Å². The van der Waals surface area contributed by atoms with Gasteiger partial charge in [0.25, 0.3) is 0 Å². The molecule has 1 aromatic rings. The molecule has 2 nitrogen and oxygen atoms in total. The molecule has 120 valence electrons. The molecule has 0 spiro atoms. The molecule has 1 aromatic carbocycles. The molecule has 0 heterocycles. The van der Waals surface area contributed by atoms with E-state index in [1.54, 1.807) is 7.11 Å². The van der Waals surface area contributed by atoms with Crippen LogP contribution >= 0.6 is 15.9 Å². The normalized spacial score (nSPS) is 14.2. The summed E-state index contributed by atoms with van der Waals surface area (Å²) in [5, 5.41) is 3.64. The first kappa shape index (κ1) is 18.7. The molecular weight excluding hydrogens is 326 g/mol. The van der Waals surface area contributed by atoms with Gasteiger partial charge in [-0.3, -0.25) is 0 Å². The van der Waals surface area contributed by atoms with Crippen molar-refractivity contribution in [1.29, 1.82) is 0 Å². The smallest absolute Gasteiger partial charge is 0.0623 e. The quantitative estimate of drug-likeness (QED) is 0.732. The van der Waals surface area contributed by atoms with Crippen LogP contribution in [0.5, 0.6) is 0 Å². The first-order valence-corrected chi connectivity index (χ1v) is 8.48. The van der Waals surface area contributed by atoms with Crippen molar-refractivity contribution in [2.24, 2.45) is 0 Å². The zero-order valence-corrected chi connectivity index (χ0v) is 15.9. The SMILES string of the molecule is COC(C)(C)CCC(CNC(C)(C)C)c1ccc(Br)cc1. The van der Waals surface area contributed by atoms with Gasteiger partial charge in [-0.25, -0.2) is 0 Å². The Balaban J connectivity index is 2.77. The van der Waals surface area contributed by atoms with Crippen molar-refractivity contribution < 1.29 is 4.74 Å². The van der Waals surface area contributed by atoms with E-state index >= 15 is 0 Å². The molecular formula is C18H30BrNO. The molecule has 0 saturated carbocycles. The number of benzene rings is 1. The van der Waals surface area contributed by atoms with Crippen molar-refractivity contribution in [3.05, 3.63) is 34.3 Å². The third kappa shape index (κ3) is 7.44. The molecule has 0 aliphatic heterocycles. The Morgan fingerprint density at radius 1 is 1.10 bits per heavy atom. The molecule has 1 rings (SSSR count). The summed E-state index contributed by atoms with van der Waals surface area (Å²) >= 11 is 3.51. The third-order valence-corrected chi connectivity index (χ3v) is 4.40. The summed E-state index contributed by atoms with van der Waals surface area (Å²) in [5.41, 5.74) is 1.47. The maximum atomic E-state index is 5.56. The lowest BCUT2D eigenvalue weighted by molar-refractivity contribution is 0.0123. The summed E-state index contributed by atoms with van der Waals surface area (Å²) < 4.78 is 6.69. The van der Waals surface area contributed by atoms with Gasteiger partial charge >= 0.3 is 0 Å². The molecule has 0 aliphatic rings. The second kappa shape index (κ2) is 7.75. The first-order chi connectivity index (χ1) is 9.63. The summed E-state index contributed by atoms with van der Waals surface area (Å²) in [6.45, 7) is 11.9. The lowest BCUT2D eigenvalue weighted by Crippen LogP contribution is -2.39. The molecule has 0 saturated heterocycles. The van der Waals surface area contributed by atoms with Crippen LogP contribution in [0.3, 0.4) is 0 Å². The highest BCUT2D eigenvalue weighted by atomic mass is 79.9. The van der Waals surface area contributed by atoms with Crippen molar-refractivity contribution in [3.63, 3.8) is 0 Å². The molecule has 3 heteroatoms. The van der Waals surface area contributed by atoms with E-state index < -0.39 is 0 Å². The number of hydrogen-bond acceptors (Lipinski definition) is 2. The van der Waals surface area contributed by atoms with Gasteiger partial charge in [0.1, 0.15) is 0 Å². The lowest BCUT2D eigenvalue weighted by Gasteiger charge is -2.29. The summed E-state index contributed by atoms with van der Waals surface area (Å²) in [6, 6.07) is 8.69. The van der Waals surface area contributed by atoms with Gasteiger partial charge in [0.05, 0.1) is 5.60 Å². The summed E-state index contributed by atoms with van der Waals surface area (Å²) in [6.07, 6.45) is 2.17. The maximum Gasteiger partial charge on any atom is 0.0623 e. The van der Waals surface area contributed by atoms with Crippen LogP contribution in [-0.4, -0.2) is 24.8 Å². The average Bonchev–Trinajstić information content (AvgIpc) is 2.39. The summed E-state index contributed by atoms with van der Waals surface area (Å²) in [5.74, 6) is 0.506. The van der Waals surface area contributed by atoms with E-state index in [1.807, 2.05) is 0 Å². The number of halogens is 1. The monoisotopic (exact) mass is 355 g/mol. The van der Waals surface area contributed by atoms with E-state index in [2.05, 4.69) is 80.1 Å². The minimum atomic E-state index is -0.0602. The van der Waals surface area contributed by atoms with Crippen LogP contribution in [0.1, 0.15) is 58.9 Å². The highest BCUT2D eigenvalue weighted by Gasteiger charge is 2.21. The van der Waals surface area contributed by atoms with Gasteiger partial charge in [-0.2, -0.15) is 0 Å². The lowest BCUT2D eigenvalue weighted by atomic mass is 9.89.